The van der Waals surface area contributed by atoms with Gasteiger partial charge in [0.25, 0.3) is 0 Å². The van der Waals surface area contributed by atoms with Gasteiger partial charge in [0.2, 0.25) is 0 Å². The lowest BCUT2D eigenvalue weighted by molar-refractivity contribution is 0.0743. The molecular weight excluding hydrogens is 478 g/mol. The van der Waals surface area contributed by atoms with Crippen LogP contribution in [0.3, 0.4) is 0 Å². The number of hydrogen-bond acceptors (Lipinski definition) is 3. The number of rotatable bonds is 6. The second kappa shape index (κ2) is 9.51. The third kappa shape index (κ3) is 4.97. The normalized spacial score (nSPS) is 11.7. The van der Waals surface area contributed by atoms with Crippen LogP contribution in [0.4, 0.5) is 4.39 Å². The van der Waals surface area contributed by atoms with Crippen molar-refractivity contribution >= 4 is 35.0 Å². The molecule has 0 bridgehead atoms. The monoisotopic (exact) mass is 500 g/mol. The summed E-state index contributed by atoms with van der Waals surface area (Å²) < 4.78 is 15.9. The molecule has 0 saturated carbocycles. The molecule has 0 aliphatic heterocycles. The molecule has 0 fully saturated rings. The van der Waals surface area contributed by atoms with Crippen molar-refractivity contribution < 1.29 is 9.50 Å². The molecule has 0 radical (unpaired) electrons. The minimum Gasteiger partial charge on any atom is -0.384 e. The first-order valence-electron chi connectivity index (χ1n) is 10.5. The van der Waals surface area contributed by atoms with Gasteiger partial charge in [-0.15, -0.1) is 11.8 Å². The summed E-state index contributed by atoms with van der Waals surface area (Å²) >= 11 is 14.8. The average molecular weight is 501 g/mol. The second-order valence-corrected chi connectivity index (χ2v) is 10.2. The lowest BCUT2D eigenvalue weighted by Gasteiger charge is -2.13. The average Bonchev–Trinajstić information content (AvgIpc) is 3.21. The van der Waals surface area contributed by atoms with Crippen LogP contribution in [0.5, 0.6) is 0 Å². The van der Waals surface area contributed by atoms with Crippen LogP contribution >= 0.6 is 35.0 Å². The SMILES string of the molecule is CCSc1cccc(-c2ccc(-n3cc(C(C)(C)O)nc3-c3cccc(F)c3Cl)c(Cl)c2)c1. The fraction of sp³-hybridized carbons (Fsp3) is 0.192. The van der Waals surface area contributed by atoms with Gasteiger partial charge in [0.15, 0.2) is 0 Å². The van der Waals surface area contributed by atoms with E-state index in [0.717, 1.165) is 16.9 Å². The molecule has 33 heavy (non-hydrogen) atoms. The van der Waals surface area contributed by atoms with E-state index in [1.807, 2.05) is 30.3 Å². The Morgan fingerprint density at radius 1 is 1.03 bits per heavy atom. The molecule has 0 saturated heterocycles. The standard InChI is InChI=1S/C26H23Cl2FN2OS/c1-4-33-18-8-5-7-16(13-18)17-11-12-22(20(27)14-17)31-15-23(26(2,3)32)30-25(31)19-9-6-10-21(29)24(19)28/h5-15,32H,4H2,1-3H3. The molecule has 0 amide bonds. The molecule has 7 heteroatoms. The maximum atomic E-state index is 14.2. The molecule has 1 heterocycles. The molecule has 0 unspecified atom stereocenters. The van der Waals surface area contributed by atoms with Gasteiger partial charge in [-0.05, 0) is 67.1 Å². The summed E-state index contributed by atoms with van der Waals surface area (Å²) in [7, 11) is 0. The second-order valence-electron chi connectivity index (χ2n) is 8.11. The molecule has 0 aliphatic rings. The Morgan fingerprint density at radius 2 is 1.76 bits per heavy atom. The predicted octanol–water partition coefficient (Wildman–Crippen LogP) is 7.99. The Labute approximate surface area is 207 Å². The number of thioether (sulfide) groups is 1. The highest BCUT2D eigenvalue weighted by molar-refractivity contribution is 7.99. The molecule has 3 aromatic carbocycles. The number of aliphatic hydroxyl groups is 1. The van der Waals surface area contributed by atoms with E-state index in [2.05, 4.69) is 24.0 Å². The van der Waals surface area contributed by atoms with Crippen molar-refractivity contribution in [3.8, 4) is 28.2 Å². The maximum Gasteiger partial charge on any atom is 0.146 e. The molecular formula is C26H23Cl2FN2OS. The van der Waals surface area contributed by atoms with Crippen molar-refractivity contribution in [2.45, 2.75) is 31.3 Å². The Hall–Kier alpha value is -2.31. The van der Waals surface area contributed by atoms with E-state index in [9.17, 15) is 9.50 Å². The molecule has 0 spiro atoms. The Morgan fingerprint density at radius 3 is 2.45 bits per heavy atom. The van der Waals surface area contributed by atoms with Crippen LogP contribution in [0.25, 0.3) is 28.2 Å². The molecule has 0 atom stereocenters. The molecule has 170 valence electrons. The summed E-state index contributed by atoms with van der Waals surface area (Å²) in [5, 5.41) is 11.0. The maximum absolute atomic E-state index is 14.2. The minimum absolute atomic E-state index is 0.0374. The summed E-state index contributed by atoms with van der Waals surface area (Å²) in [5.41, 5.74) is 2.33. The van der Waals surface area contributed by atoms with Crippen LogP contribution in [0.1, 0.15) is 26.5 Å². The Kier molecular flexibility index (Phi) is 6.87. The first-order chi connectivity index (χ1) is 15.7. The van der Waals surface area contributed by atoms with Crippen molar-refractivity contribution in [3.05, 3.63) is 88.4 Å². The van der Waals surface area contributed by atoms with Crippen molar-refractivity contribution in [1.29, 1.82) is 0 Å². The lowest BCUT2D eigenvalue weighted by Crippen LogP contribution is -2.15. The number of benzene rings is 3. The number of nitrogens with zero attached hydrogens (tertiary/aromatic N) is 2. The molecule has 4 aromatic rings. The zero-order valence-electron chi connectivity index (χ0n) is 18.4. The largest absolute Gasteiger partial charge is 0.384 e. The molecule has 4 rings (SSSR count). The van der Waals surface area contributed by atoms with Crippen LogP contribution in [-0.4, -0.2) is 20.4 Å². The van der Waals surface area contributed by atoms with Gasteiger partial charge in [0, 0.05) is 16.7 Å². The molecule has 3 nitrogen and oxygen atoms in total. The number of imidazole rings is 1. The third-order valence-electron chi connectivity index (χ3n) is 5.21. The fourth-order valence-electron chi connectivity index (χ4n) is 3.54. The van der Waals surface area contributed by atoms with Gasteiger partial charge < -0.3 is 5.11 Å². The molecule has 1 aromatic heterocycles. The van der Waals surface area contributed by atoms with Gasteiger partial charge in [-0.1, -0.05) is 54.4 Å². The molecule has 0 aliphatic carbocycles. The highest BCUT2D eigenvalue weighted by Gasteiger charge is 2.25. The minimum atomic E-state index is -1.20. The highest BCUT2D eigenvalue weighted by Crippen LogP contribution is 2.36. The lowest BCUT2D eigenvalue weighted by atomic mass is 10.1. The van der Waals surface area contributed by atoms with Crippen molar-refractivity contribution in [3.63, 3.8) is 0 Å². The topological polar surface area (TPSA) is 38.0 Å². The van der Waals surface area contributed by atoms with Crippen LogP contribution in [0.15, 0.2) is 71.8 Å². The van der Waals surface area contributed by atoms with Crippen LogP contribution in [0, 0.1) is 5.82 Å². The third-order valence-corrected chi connectivity index (χ3v) is 6.77. The van der Waals surface area contributed by atoms with Gasteiger partial charge in [-0.25, -0.2) is 9.37 Å². The predicted molar refractivity (Wildman–Crippen MR) is 136 cm³/mol. The van der Waals surface area contributed by atoms with E-state index in [0.29, 0.717) is 27.8 Å². The van der Waals surface area contributed by atoms with Gasteiger partial charge in [-0.3, -0.25) is 4.57 Å². The van der Waals surface area contributed by atoms with Gasteiger partial charge in [0.1, 0.15) is 17.2 Å². The van der Waals surface area contributed by atoms with Crippen molar-refractivity contribution in [1.82, 2.24) is 9.55 Å². The first kappa shape index (κ1) is 23.8. The van der Waals surface area contributed by atoms with Gasteiger partial charge >= 0.3 is 0 Å². The van der Waals surface area contributed by atoms with E-state index in [1.54, 1.807) is 48.5 Å². The van der Waals surface area contributed by atoms with Crippen LogP contribution < -0.4 is 0 Å². The highest BCUT2D eigenvalue weighted by atomic mass is 35.5. The summed E-state index contributed by atoms with van der Waals surface area (Å²) in [6, 6.07) is 18.6. The first-order valence-corrected chi connectivity index (χ1v) is 12.2. The summed E-state index contributed by atoms with van der Waals surface area (Å²) in [6.07, 6.45) is 1.70. The number of aromatic nitrogens is 2. The van der Waals surface area contributed by atoms with Crippen LogP contribution in [-0.2, 0) is 5.60 Å². The Bertz CT molecular complexity index is 1310. The van der Waals surface area contributed by atoms with Gasteiger partial charge in [-0.2, -0.15) is 0 Å². The van der Waals surface area contributed by atoms with E-state index < -0.39 is 11.4 Å². The van der Waals surface area contributed by atoms with E-state index in [1.165, 1.54) is 11.0 Å². The van der Waals surface area contributed by atoms with Crippen LogP contribution in [0.2, 0.25) is 10.0 Å². The summed E-state index contributed by atoms with van der Waals surface area (Å²) in [4.78, 5) is 5.78. The van der Waals surface area contributed by atoms with E-state index in [-0.39, 0.29) is 5.02 Å². The van der Waals surface area contributed by atoms with Crippen molar-refractivity contribution in [2.24, 2.45) is 0 Å². The zero-order chi connectivity index (χ0) is 23.8. The van der Waals surface area contributed by atoms with E-state index >= 15 is 0 Å². The van der Waals surface area contributed by atoms with Crippen molar-refractivity contribution in [2.75, 3.05) is 5.75 Å². The fourth-order valence-corrected chi connectivity index (χ4v) is 4.74. The summed E-state index contributed by atoms with van der Waals surface area (Å²) in [6.45, 7) is 5.41. The quantitative estimate of drug-likeness (QED) is 0.272. The number of hydrogen-bond donors (Lipinski definition) is 1. The van der Waals surface area contributed by atoms with E-state index in [4.69, 9.17) is 23.2 Å². The Balaban J connectivity index is 1.84. The smallest absolute Gasteiger partial charge is 0.146 e. The van der Waals surface area contributed by atoms with Gasteiger partial charge in [0.05, 0.1) is 21.4 Å². The number of halogens is 3. The zero-order valence-corrected chi connectivity index (χ0v) is 20.8. The summed E-state index contributed by atoms with van der Waals surface area (Å²) in [5.74, 6) is 0.853. The molecule has 1 N–H and O–H groups in total.